The fraction of sp³-hybridized carbons (Fsp3) is 0.316. The number of ether oxygens (including phenoxy) is 1. The van der Waals surface area contributed by atoms with Gasteiger partial charge >= 0.3 is 5.69 Å². The van der Waals surface area contributed by atoms with Gasteiger partial charge in [-0.15, -0.1) is 11.3 Å². The van der Waals surface area contributed by atoms with Gasteiger partial charge in [-0.2, -0.15) is 0 Å². The third kappa shape index (κ3) is 3.50. The number of carbonyl (C=O) groups is 1. The van der Waals surface area contributed by atoms with Crippen molar-refractivity contribution in [2.24, 2.45) is 0 Å². The molecule has 0 spiro atoms. The van der Waals surface area contributed by atoms with Crippen molar-refractivity contribution in [3.8, 4) is 5.69 Å². The maximum Gasteiger partial charge on any atom is 0.336 e. The molecule has 0 saturated carbocycles. The zero-order valence-corrected chi connectivity index (χ0v) is 15.7. The number of thiophene rings is 1. The van der Waals surface area contributed by atoms with E-state index in [1.807, 2.05) is 0 Å². The van der Waals surface area contributed by atoms with Crippen LogP contribution in [0.2, 0.25) is 0 Å². The van der Waals surface area contributed by atoms with E-state index >= 15 is 0 Å². The number of halogens is 1. The van der Waals surface area contributed by atoms with Crippen LogP contribution in [-0.2, 0) is 16.1 Å². The highest BCUT2D eigenvalue weighted by Gasteiger charge is 2.19. The maximum absolute atomic E-state index is 13.2. The Morgan fingerprint density at radius 1 is 1.25 bits per heavy atom. The van der Waals surface area contributed by atoms with Gasteiger partial charge in [-0.05, 0) is 48.6 Å². The first-order valence-corrected chi connectivity index (χ1v) is 9.80. The summed E-state index contributed by atoms with van der Waals surface area (Å²) >= 11 is 1.19. The Morgan fingerprint density at radius 3 is 2.75 bits per heavy atom. The lowest BCUT2D eigenvalue weighted by Crippen LogP contribution is -2.42. The topological polar surface area (TPSA) is 82.3 Å². The van der Waals surface area contributed by atoms with Crippen LogP contribution >= 0.6 is 11.3 Å². The second kappa shape index (κ2) is 7.69. The van der Waals surface area contributed by atoms with Crippen LogP contribution in [0.15, 0.2) is 45.3 Å². The minimum absolute atomic E-state index is 0.00462. The molecule has 2 aromatic heterocycles. The molecule has 1 aliphatic heterocycles. The van der Waals surface area contributed by atoms with Gasteiger partial charge in [0.15, 0.2) is 0 Å². The number of carbonyl (C=O) groups excluding carboxylic acids is 1. The number of hydrogen-bond acceptors (Lipinski definition) is 5. The molecule has 9 heteroatoms. The lowest BCUT2D eigenvalue weighted by atomic mass is 10.2. The summed E-state index contributed by atoms with van der Waals surface area (Å²) < 4.78 is 21.3. The van der Waals surface area contributed by atoms with E-state index in [4.69, 9.17) is 4.74 Å². The van der Waals surface area contributed by atoms with Crippen LogP contribution in [0.25, 0.3) is 15.9 Å². The van der Waals surface area contributed by atoms with Crippen molar-refractivity contribution in [2.75, 3.05) is 13.2 Å². The second-order valence-corrected chi connectivity index (χ2v) is 7.48. The zero-order chi connectivity index (χ0) is 19.7. The molecular weight excluding hydrogens is 385 g/mol. The van der Waals surface area contributed by atoms with Crippen LogP contribution in [0.4, 0.5) is 4.39 Å². The average Bonchev–Trinajstić information content (AvgIpc) is 3.37. The fourth-order valence-electron chi connectivity index (χ4n) is 3.29. The summed E-state index contributed by atoms with van der Waals surface area (Å²) in [7, 11) is 0. The maximum atomic E-state index is 13.2. The summed E-state index contributed by atoms with van der Waals surface area (Å²) in [6.45, 7) is 0.858. The SMILES string of the molecule is O=C(Cn1c(=O)n(-c2ccc(F)cc2)c(=O)c2sccc21)NC[C@H]1CCCO1. The van der Waals surface area contributed by atoms with Crippen molar-refractivity contribution in [3.05, 3.63) is 62.4 Å². The van der Waals surface area contributed by atoms with Crippen molar-refractivity contribution in [2.45, 2.75) is 25.5 Å². The van der Waals surface area contributed by atoms with E-state index in [0.29, 0.717) is 23.4 Å². The normalized spacial score (nSPS) is 16.5. The van der Waals surface area contributed by atoms with Crippen molar-refractivity contribution >= 4 is 27.5 Å². The summed E-state index contributed by atoms with van der Waals surface area (Å²) in [6.07, 6.45) is 1.86. The largest absolute Gasteiger partial charge is 0.376 e. The molecule has 1 N–H and O–H groups in total. The molecular formula is C19H18FN3O4S. The Kier molecular flexibility index (Phi) is 5.10. The Balaban J connectivity index is 1.70. The molecule has 1 amide bonds. The fourth-order valence-corrected chi connectivity index (χ4v) is 4.11. The monoisotopic (exact) mass is 403 g/mol. The summed E-state index contributed by atoms with van der Waals surface area (Å²) in [6, 6.07) is 6.72. The molecule has 1 saturated heterocycles. The van der Waals surface area contributed by atoms with Gasteiger partial charge in [-0.1, -0.05) is 0 Å². The molecule has 0 bridgehead atoms. The first-order chi connectivity index (χ1) is 13.5. The van der Waals surface area contributed by atoms with Crippen LogP contribution < -0.4 is 16.6 Å². The quantitative estimate of drug-likeness (QED) is 0.702. The Bertz CT molecular complexity index is 1130. The molecule has 3 aromatic rings. The van der Waals surface area contributed by atoms with E-state index in [-0.39, 0.29) is 24.2 Å². The third-order valence-electron chi connectivity index (χ3n) is 4.69. The first kappa shape index (κ1) is 18.6. The van der Waals surface area contributed by atoms with Gasteiger partial charge in [0.1, 0.15) is 17.1 Å². The molecule has 1 aliphatic rings. The molecule has 0 aliphatic carbocycles. The molecule has 1 atom stereocenters. The van der Waals surface area contributed by atoms with Crippen LogP contribution in [0.5, 0.6) is 0 Å². The predicted molar refractivity (Wildman–Crippen MR) is 104 cm³/mol. The van der Waals surface area contributed by atoms with Crippen molar-refractivity contribution in [1.29, 1.82) is 0 Å². The minimum atomic E-state index is -0.644. The smallest absolute Gasteiger partial charge is 0.336 e. The molecule has 3 heterocycles. The van der Waals surface area contributed by atoms with Crippen LogP contribution in [0.1, 0.15) is 12.8 Å². The number of rotatable bonds is 5. The van der Waals surface area contributed by atoms with E-state index in [1.165, 1.54) is 40.2 Å². The lowest BCUT2D eigenvalue weighted by molar-refractivity contribution is -0.122. The summed E-state index contributed by atoms with van der Waals surface area (Å²) in [5.41, 5.74) is -0.474. The Hall–Kier alpha value is -2.78. The number of nitrogens with zero attached hydrogens (tertiary/aromatic N) is 2. The van der Waals surface area contributed by atoms with E-state index in [9.17, 15) is 18.8 Å². The zero-order valence-electron chi connectivity index (χ0n) is 14.9. The lowest BCUT2D eigenvalue weighted by Gasteiger charge is -2.14. The van der Waals surface area contributed by atoms with Gasteiger partial charge in [0.2, 0.25) is 5.91 Å². The van der Waals surface area contributed by atoms with Gasteiger partial charge in [0.25, 0.3) is 5.56 Å². The minimum Gasteiger partial charge on any atom is -0.376 e. The summed E-state index contributed by atoms with van der Waals surface area (Å²) in [5, 5.41) is 4.48. The average molecular weight is 403 g/mol. The molecule has 0 unspecified atom stereocenters. The van der Waals surface area contributed by atoms with E-state index in [0.717, 1.165) is 17.4 Å². The Morgan fingerprint density at radius 2 is 2.04 bits per heavy atom. The van der Waals surface area contributed by atoms with Gasteiger partial charge in [-0.25, -0.2) is 13.8 Å². The number of aromatic nitrogens is 2. The number of hydrogen-bond donors (Lipinski definition) is 1. The Labute approximate surface area is 163 Å². The first-order valence-electron chi connectivity index (χ1n) is 8.92. The predicted octanol–water partition coefficient (Wildman–Crippen LogP) is 1.65. The third-order valence-corrected chi connectivity index (χ3v) is 5.58. The van der Waals surface area contributed by atoms with Gasteiger partial charge in [-0.3, -0.25) is 14.2 Å². The van der Waals surface area contributed by atoms with Gasteiger partial charge in [0, 0.05) is 13.2 Å². The van der Waals surface area contributed by atoms with Crippen molar-refractivity contribution in [3.63, 3.8) is 0 Å². The number of benzene rings is 1. The summed E-state index contributed by atoms with van der Waals surface area (Å²) in [4.78, 5) is 38.2. The number of fused-ring (bicyclic) bond motifs is 1. The van der Waals surface area contributed by atoms with Gasteiger partial charge < -0.3 is 10.1 Å². The molecule has 0 radical (unpaired) electrons. The van der Waals surface area contributed by atoms with E-state index in [1.54, 1.807) is 11.4 Å². The standard InChI is InChI=1S/C19H18FN3O4S/c20-12-3-5-13(6-4-12)23-18(25)17-15(7-9-28-17)22(19(23)26)11-16(24)21-10-14-2-1-8-27-14/h3-7,9,14H,1-2,8,10-11H2,(H,21,24)/t14-/m1/s1. The molecule has 1 fully saturated rings. The molecule has 146 valence electrons. The van der Waals surface area contributed by atoms with E-state index < -0.39 is 17.1 Å². The highest BCUT2D eigenvalue weighted by molar-refractivity contribution is 7.17. The molecule has 4 rings (SSSR count). The summed E-state index contributed by atoms with van der Waals surface area (Å²) in [5.74, 6) is -0.808. The van der Waals surface area contributed by atoms with Crippen LogP contribution in [0.3, 0.4) is 0 Å². The van der Waals surface area contributed by atoms with E-state index in [2.05, 4.69) is 5.32 Å². The number of nitrogens with one attached hydrogen (secondary N) is 1. The second-order valence-electron chi connectivity index (χ2n) is 6.56. The van der Waals surface area contributed by atoms with Crippen molar-refractivity contribution < 1.29 is 13.9 Å². The van der Waals surface area contributed by atoms with Crippen LogP contribution in [-0.4, -0.2) is 34.3 Å². The van der Waals surface area contributed by atoms with Gasteiger partial charge in [0.05, 0.1) is 17.3 Å². The molecule has 7 nitrogen and oxygen atoms in total. The number of amides is 1. The van der Waals surface area contributed by atoms with Crippen molar-refractivity contribution in [1.82, 2.24) is 14.5 Å². The highest BCUT2D eigenvalue weighted by atomic mass is 32.1. The molecule has 28 heavy (non-hydrogen) atoms. The molecule has 1 aromatic carbocycles. The highest BCUT2D eigenvalue weighted by Crippen LogP contribution is 2.16. The van der Waals surface area contributed by atoms with Crippen LogP contribution in [0, 0.1) is 5.82 Å².